The number of nitrogens with zero attached hydrogens (tertiary/aromatic N) is 3. The van der Waals surface area contributed by atoms with Gasteiger partial charge in [-0.05, 0) is 11.6 Å². The third-order valence-electron chi connectivity index (χ3n) is 4.68. The molecule has 0 unspecified atom stereocenters. The second-order valence-corrected chi connectivity index (χ2v) is 6.89. The molecule has 9 nitrogen and oxygen atoms in total. The summed E-state index contributed by atoms with van der Waals surface area (Å²) in [5, 5.41) is 6.03. The Bertz CT molecular complexity index is 1100. The molecule has 0 saturated carbocycles. The Hall–Kier alpha value is -3.11. The van der Waals surface area contributed by atoms with Crippen LogP contribution in [0.25, 0.3) is 22.5 Å². The number of amides is 2. The number of halogens is 2. The summed E-state index contributed by atoms with van der Waals surface area (Å²) in [5.41, 5.74) is 0.768. The molecule has 30 heavy (non-hydrogen) atoms. The van der Waals surface area contributed by atoms with Crippen LogP contribution in [0, 0.1) is 5.82 Å². The van der Waals surface area contributed by atoms with Crippen LogP contribution in [0.3, 0.4) is 0 Å². The van der Waals surface area contributed by atoms with Crippen LogP contribution in [-0.2, 0) is 0 Å². The second-order valence-electron chi connectivity index (χ2n) is 6.52. The summed E-state index contributed by atoms with van der Waals surface area (Å²) >= 11 is 5.89. The number of carbonyl (C=O) groups is 1. The molecule has 0 aliphatic carbocycles. The molecule has 158 valence electrons. The monoisotopic (exact) mass is 435 g/mol. The van der Waals surface area contributed by atoms with E-state index in [0.29, 0.717) is 31.7 Å². The summed E-state index contributed by atoms with van der Waals surface area (Å²) in [4.78, 5) is 23.0. The van der Waals surface area contributed by atoms with Crippen LogP contribution in [0.15, 0.2) is 22.6 Å². The van der Waals surface area contributed by atoms with Gasteiger partial charge in [0.25, 0.3) is 0 Å². The molecule has 2 N–H and O–H groups in total. The first kappa shape index (κ1) is 20.2. The average molecular weight is 436 g/mol. The van der Waals surface area contributed by atoms with Gasteiger partial charge in [-0.1, -0.05) is 0 Å². The molecule has 2 amide bonds. The predicted molar refractivity (Wildman–Crippen MR) is 109 cm³/mol. The van der Waals surface area contributed by atoms with Gasteiger partial charge in [-0.25, -0.2) is 14.2 Å². The van der Waals surface area contributed by atoms with E-state index in [4.69, 9.17) is 25.5 Å². The lowest BCUT2D eigenvalue weighted by atomic mass is 10.1. The number of benzene rings is 1. The van der Waals surface area contributed by atoms with Crippen LogP contribution in [0.1, 0.15) is 0 Å². The maximum absolute atomic E-state index is 15.2. The lowest BCUT2D eigenvalue weighted by Crippen LogP contribution is -2.48. The van der Waals surface area contributed by atoms with Gasteiger partial charge in [0.05, 0.1) is 25.5 Å². The van der Waals surface area contributed by atoms with Crippen LogP contribution in [0.2, 0.25) is 5.22 Å². The molecule has 1 saturated heterocycles. The second kappa shape index (κ2) is 8.33. The molecule has 1 aliphatic heterocycles. The lowest BCUT2D eigenvalue weighted by Gasteiger charge is -2.28. The van der Waals surface area contributed by atoms with Gasteiger partial charge in [-0.2, -0.15) is 4.98 Å². The Balaban J connectivity index is 1.82. The summed E-state index contributed by atoms with van der Waals surface area (Å²) in [5.74, 6) is -0.395. The molecular formula is C19H19ClFN5O4. The topological polar surface area (TPSA) is 102 Å². The highest BCUT2D eigenvalue weighted by molar-refractivity contribution is 6.29. The van der Waals surface area contributed by atoms with E-state index >= 15 is 4.39 Å². The molecular weight excluding hydrogens is 417 g/mol. The average Bonchev–Trinajstić information content (AvgIpc) is 3.12. The van der Waals surface area contributed by atoms with E-state index in [1.54, 1.807) is 4.90 Å². The smallest absolute Gasteiger partial charge is 0.321 e. The van der Waals surface area contributed by atoms with Gasteiger partial charge in [0, 0.05) is 44.4 Å². The zero-order valence-corrected chi connectivity index (χ0v) is 17.0. The summed E-state index contributed by atoms with van der Waals surface area (Å²) in [7, 11) is 2.79. The number of hydrogen-bond donors (Lipinski definition) is 2. The van der Waals surface area contributed by atoms with Gasteiger partial charge in [0.15, 0.2) is 5.22 Å². The maximum Gasteiger partial charge on any atom is 0.321 e. The van der Waals surface area contributed by atoms with Crippen molar-refractivity contribution >= 4 is 34.5 Å². The highest BCUT2D eigenvalue weighted by Gasteiger charge is 2.25. The van der Waals surface area contributed by atoms with E-state index in [9.17, 15) is 4.79 Å². The van der Waals surface area contributed by atoms with E-state index in [2.05, 4.69) is 20.6 Å². The van der Waals surface area contributed by atoms with Crippen molar-refractivity contribution in [1.82, 2.24) is 20.2 Å². The Kier molecular flexibility index (Phi) is 5.60. The van der Waals surface area contributed by atoms with Crippen molar-refractivity contribution in [1.29, 1.82) is 0 Å². The van der Waals surface area contributed by atoms with Gasteiger partial charge < -0.3 is 29.4 Å². The lowest BCUT2D eigenvalue weighted by molar-refractivity contribution is 0.204. The molecule has 1 fully saturated rings. The predicted octanol–water partition coefficient (Wildman–Crippen LogP) is 3.14. The molecule has 0 bridgehead atoms. The standard InChI is InChI=1S/C19H19ClFN5O4/c1-28-10-7-11(21)15(12(8-10)24-19(27)26-5-3-22-4-6-26)16-18(29-2)25-17-13(23-16)9-14(20)30-17/h7-9,22H,3-6H2,1-2H3,(H,24,27). The number of aromatic nitrogens is 2. The van der Waals surface area contributed by atoms with Gasteiger partial charge in [-0.3, -0.25) is 0 Å². The third kappa shape index (κ3) is 3.83. The van der Waals surface area contributed by atoms with Crippen LogP contribution >= 0.6 is 11.6 Å². The summed E-state index contributed by atoms with van der Waals surface area (Å²) in [6.07, 6.45) is 0. The van der Waals surface area contributed by atoms with E-state index in [1.165, 1.54) is 32.4 Å². The third-order valence-corrected chi connectivity index (χ3v) is 4.86. The quantitative estimate of drug-likeness (QED) is 0.649. The zero-order valence-electron chi connectivity index (χ0n) is 16.3. The van der Waals surface area contributed by atoms with Crippen molar-refractivity contribution in [3.05, 3.63) is 29.2 Å². The van der Waals surface area contributed by atoms with Gasteiger partial charge >= 0.3 is 6.03 Å². The normalized spacial score (nSPS) is 14.1. The fourth-order valence-electron chi connectivity index (χ4n) is 3.22. The maximum atomic E-state index is 15.2. The molecule has 1 aliphatic rings. The minimum absolute atomic E-state index is 0.0165. The zero-order chi connectivity index (χ0) is 21.3. The number of furan rings is 1. The van der Waals surface area contributed by atoms with Crippen LogP contribution < -0.4 is 20.1 Å². The molecule has 0 radical (unpaired) electrons. The number of ether oxygens (including phenoxy) is 2. The fourth-order valence-corrected chi connectivity index (χ4v) is 3.40. The molecule has 11 heteroatoms. The minimum atomic E-state index is -0.661. The number of piperazine rings is 1. The Morgan fingerprint density at radius 3 is 2.70 bits per heavy atom. The van der Waals surface area contributed by atoms with Crippen LogP contribution in [0.5, 0.6) is 11.6 Å². The number of anilines is 1. The summed E-state index contributed by atoms with van der Waals surface area (Å²) in [6.45, 7) is 2.44. The van der Waals surface area contributed by atoms with Crippen molar-refractivity contribution in [2.75, 3.05) is 45.7 Å². The number of methoxy groups -OCH3 is 2. The first-order valence-electron chi connectivity index (χ1n) is 9.15. The van der Waals surface area contributed by atoms with E-state index in [0.717, 1.165) is 0 Å². The Labute approximate surface area is 176 Å². The van der Waals surface area contributed by atoms with Crippen LogP contribution in [0.4, 0.5) is 14.9 Å². The summed E-state index contributed by atoms with van der Waals surface area (Å²) < 4.78 is 30.9. The van der Waals surface area contributed by atoms with E-state index in [-0.39, 0.29) is 45.5 Å². The Morgan fingerprint density at radius 1 is 1.23 bits per heavy atom. The molecule has 0 atom stereocenters. The number of fused-ring (bicyclic) bond motifs is 1. The van der Waals surface area contributed by atoms with Crippen molar-refractivity contribution in [2.45, 2.75) is 0 Å². The Morgan fingerprint density at radius 2 is 2.00 bits per heavy atom. The van der Waals surface area contributed by atoms with Gasteiger partial charge in [0.1, 0.15) is 22.8 Å². The minimum Gasteiger partial charge on any atom is -0.497 e. The number of rotatable bonds is 4. The van der Waals surface area contributed by atoms with Crippen LogP contribution in [-0.4, -0.2) is 61.3 Å². The number of nitrogens with one attached hydrogen (secondary N) is 2. The number of hydrogen-bond acceptors (Lipinski definition) is 7. The largest absolute Gasteiger partial charge is 0.497 e. The molecule has 3 heterocycles. The fraction of sp³-hybridized carbons (Fsp3) is 0.316. The SMILES string of the molecule is COc1cc(F)c(-c2nc3cc(Cl)oc3nc2OC)c(NC(=O)N2CCNCC2)c1. The van der Waals surface area contributed by atoms with E-state index < -0.39 is 5.82 Å². The molecule has 3 aromatic rings. The molecule has 4 rings (SSSR count). The molecule has 0 spiro atoms. The van der Waals surface area contributed by atoms with Crippen molar-refractivity contribution in [3.63, 3.8) is 0 Å². The molecule has 2 aromatic heterocycles. The van der Waals surface area contributed by atoms with Crippen molar-refractivity contribution < 1.29 is 23.1 Å². The molecule has 1 aromatic carbocycles. The number of urea groups is 1. The number of carbonyl (C=O) groups excluding carboxylic acids is 1. The highest BCUT2D eigenvalue weighted by atomic mass is 35.5. The van der Waals surface area contributed by atoms with Gasteiger partial charge in [0.2, 0.25) is 11.6 Å². The first-order chi connectivity index (χ1) is 14.5. The van der Waals surface area contributed by atoms with Crippen molar-refractivity contribution in [2.24, 2.45) is 0 Å². The van der Waals surface area contributed by atoms with Crippen molar-refractivity contribution in [3.8, 4) is 22.9 Å². The van der Waals surface area contributed by atoms with E-state index in [1.807, 2.05) is 0 Å². The highest BCUT2D eigenvalue weighted by Crippen LogP contribution is 2.39. The summed E-state index contributed by atoms with van der Waals surface area (Å²) in [6, 6.07) is 3.83. The van der Waals surface area contributed by atoms with Gasteiger partial charge in [-0.15, -0.1) is 0 Å². The first-order valence-corrected chi connectivity index (χ1v) is 9.53.